The standard InChI is InChI=1S/C22H21N3O/c1-16-5-4-6-17(13-16)14-22(26)24-19-9-10-21(23-15-19)25-12-11-18-7-2-3-8-20(18)25/h2-10,13,15H,11-12,14H2,1H3,(H,24,26). The predicted molar refractivity (Wildman–Crippen MR) is 105 cm³/mol. The number of hydrogen-bond donors (Lipinski definition) is 1. The molecule has 2 aromatic carbocycles. The van der Waals surface area contributed by atoms with Crippen molar-refractivity contribution in [3.05, 3.63) is 83.6 Å². The van der Waals surface area contributed by atoms with E-state index < -0.39 is 0 Å². The minimum absolute atomic E-state index is 0.0309. The van der Waals surface area contributed by atoms with Crippen LogP contribution >= 0.6 is 0 Å². The van der Waals surface area contributed by atoms with Crippen LogP contribution in [0.1, 0.15) is 16.7 Å². The first-order valence-corrected chi connectivity index (χ1v) is 8.86. The summed E-state index contributed by atoms with van der Waals surface area (Å²) in [7, 11) is 0. The number of aromatic nitrogens is 1. The third-order valence-electron chi connectivity index (χ3n) is 4.64. The number of fused-ring (bicyclic) bond motifs is 1. The minimum Gasteiger partial charge on any atom is -0.326 e. The van der Waals surface area contributed by atoms with Gasteiger partial charge in [-0.05, 0) is 42.7 Å². The molecule has 1 aliphatic rings. The van der Waals surface area contributed by atoms with Gasteiger partial charge in [-0.1, -0.05) is 48.0 Å². The van der Waals surface area contributed by atoms with E-state index in [2.05, 4.69) is 39.5 Å². The molecule has 0 bridgehead atoms. The Morgan fingerprint density at radius 2 is 2.00 bits per heavy atom. The summed E-state index contributed by atoms with van der Waals surface area (Å²) < 4.78 is 0. The van der Waals surface area contributed by atoms with E-state index >= 15 is 0 Å². The van der Waals surface area contributed by atoms with Gasteiger partial charge in [0.2, 0.25) is 5.91 Å². The number of para-hydroxylation sites is 1. The monoisotopic (exact) mass is 343 g/mol. The number of amides is 1. The van der Waals surface area contributed by atoms with E-state index in [1.807, 2.05) is 43.3 Å². The summed E-state index contributed by atoms with van der Waals surface area (Å²) in [6.45, 7) is 2.96. The Bertz CT molecular complexity index is 934. The maximum Gasteiger partial charge on any atom is 0.228 e. The average molecular weight is 343 g/mol. The summed E-state index contributed by atoms with van der Waals surface area (Å²) in [6, 6.07) is 20.3. The van der Waals surface area contributed by atoms with Gasteiger partial charge in [-0.2, -0.15) is 0 Å². The molecule has 130 valence electrons. The van der Waals surface area contributed by atoms with Crippen LogP contribution < -0.4 is 10.2 Å². The first-order valence-electron chi connectivity index (χ1n) is 8.86. The number of rotatable bonds is 4. The molecule has 4 rings (SSSR count). The molecule has 2 heterocycles. The first kappa shape index (κ1) is 16.3. The van der Waals surface area contributed by atoms with Gasteiger partial charge in [0.25, 0.3) is 0 Å². The largest absolute Gasteiger partial charge is 0.326 e. The van der Waals surface area contributed by atoms with Crippen LogP contribution in [0, 0.1) is 6.92 Å². The summed E-state index contributed by atoms with van der Waals surface area (Å²) in [6.07, 6.45) is 3.13. The lowest BCUT2D eigenvalue weighted by molar-refractivity contribution is -0.115. The lowest BCUT2D eigenvalue weighted by Crippen LogP contribution is -2.16. The Kier molecular flexibility index (Phi) is 4.40. The van der Waals surface area contributed by atoms with Crippen molar-refractivity contribution in [2.75, 3.05) is 16.8 Å². The number of carbonyl (C=O) groups is 1. The summed E-state index contributed by atoms with van der Waals surface area (Å²) in [5, 5.41) is 2.93. The highest BCUT2D eigenvalue weighted by molar-refractivity contribution is 5.92. The third kappa shape index (κ3) is 3.45. The van der Waals surface area contributed by atoms with Gasteiger partial charge >= 0.3 is 0 Å². The van der Waals surface area contributed by atoms with Crippen LogP contribution in [-0.4, -0.2) is 17.4 Å². The van der Waals surface area contributed by atoms with Crippen molar-refractivity contribution in [2.45, 2.75) is 19.8 Å². The van der Waals surface area contributed by atoms with Crippen molar-refractivity contribution in [1.29, 1.82) is 0 Å². The van der Waals surface area contributed by atoms with Crippen LogP contribution in [0.4, 0.5) is 17.2 Å². The molecule has 0 saturated heterocycles. The lowest BCUT2D eigenvalue weighted by atomic mass is 10.1. The van der Waals surface area contributed by atoms with Crippen LogP contribution in [0.15, 0.2) is 66.9 Å². The molecule has 0 saturated carbocycles. The highest BCUT2D eigenvalue weighted by Crippen LogP contribution is 2.33. The fourth-order valence-electron chi connectivity index (χ4n) is 3.41. The number of nitrogens with one attached hydrogen (secondary N) is 1. The van der Waals surface area contributed by atoms with Gasteiger partial charge in [-0.3, -0.25) is 4.79 Å². The summed E-state index contributed by atoms with van der Waals surface area (Å²) in [5.74, 6) is 0.878. The zero-order chi connectivity index (χ0) is 17.9. The molecule has 1 aromatic heterocycles. The van der Waals surface area contributed by atoms with Crippen molar-refractivity contribution in [2.24, 2.45) is 0 Å². The SMILES string of the molecule is Cc1cccc(CC(=O)Nc2ccc(N3CCc4ccccc43)nc2)c1. The quantitative estimate of drug-likeness (QED) is 0.770. The second-order valence-corrected chi connectivity index (χ2v) is 6.65. The van der Waals surface area contributed by atoms with E-state index in [0.29, 0.717) is 6.42 Å². The maximum atomic E-state index is 12.2. The molecule has 0 unspecified atom stereocenters. The molecule has 4 nitrogen and oxygen atoms in total. The zero-order valence-corrected chi connectivity index (χ0v) is 14.8. The van der Waals surface area contributed by atoms with E-state index in [9.17, 15) is 4.79 Å². The van der Waals surface area contributed by atoms with Crippen LogP contribution in [-0.2, 0) is 17.6 Å². The minimum atomic E-state index is -0.0309. The fourth-order valence-corrected chi connectivity index (χ4v) is 3.41. The fraction of sp³-hybridized carbons (Fsp3) is 0.182. The molecule has 0 fully saturated rings. The molecular formula is C22H21N3O. The Morgan fingerprint density at radius 1 is 1.12 bits per heavy atom. The molecule has 0 radical (unpaired) electrons. The predicted octanol–water partition coefficient (Wildman–Crippen LogP) is 4.27. The van der Waals surface area contributed by atoms with Crippen LogP contribution in [0.2, 0.25) is 0 Å². The molecule has 4 heteroatoms. The average Bonchev–Trinajstić information content (AvgIpc) is 3.06. The Balaban J connectivity index is 1.43. The molecule has 26 heavy (non-hydrogen) atoms. The molecular weight excluding hydrogens is 322 g/mol. The van der Waals surface area contributed by atoms with E-state index in [1.165, 1.54) is 11.3 Å². The number of anilines is 3. The Hall–Kier alpha value is -3.14. The molecule has 0 atom stereocenters. The molecule has 1 amide bonds. The second-order valence-electron chi connectivity index (χ2n) is 6.65. The Labute approximate surface area is 153 Å². The van der Waals surface area contributed by atoms with Crippen molar-refractivity contribution >= 4 is 23.1 Å². The van der Waals surface area contributed by atoms with E-state index in [4.69, 9.17) is 0 Å². The maximum absolute atomic E-state index is 12.2. The van der Waals surface area contributed by atoms with Crippen molar-refractivity contribution < 1.29 is 4.79 Å². The van der Waals surface area contributed by atoms with Gasteiger partial charge in [-0.25, -0.2) is 4.98 Å². The number of benzene rings is 2. The van der Waals surface area contributed by atoms with Crippen LogP contribution in [0.3, 0.4) is 0 Å². The highest BCUT2D eigenvalue weighted by atomic mass is 16.1. The molecule has 1 N–H and O–H groups in total. The topological polar surface area (TPSA) is 45.2 Å². The van der Waals surface area contributed by atoms with E-state index in [1.54, 1.807) is 6.20 Å². The first-order chi connectivity index (χ1) is 12.7. The summed E-state index contributed by atoms with van der Waals surface area (Å²) in [4.78, 5) is 19.0. The van der Waals surface area contributed by atoms with Gasteiger partial charge in [0.05, 0.1) is 18.3 Å². The number of nitrogens with zero attached hydrogens (tertiary/aromatic N) is 2. The van der Waals surface area contributed by atoms with Gasteiger partial charge in [0.1, 0.15) is 5.82 Å². The van der Waals surface area contributed by atoms with Crippen molar-refractivity contribution in [1.82, 2.24) is 4.98 Å². The van der Waals surface area contributed by atoms with E-state index in [-0.39, 0.29) is 5.91 Å². The summed E-state index contributed by atoms with van der Waals surface area (Å²) in [5.41, 5.74) is 5.47. The van der Waals surface area contributed by atoms with Gasteiger partial charge < -0.3 is 10.2 Å². The molecule has 1 aliphatic heterocycles. The smallest absolute Gasteiger partial charge is 0.228 e. The normalized spacial score (nSPS) is 12.7. The van der Waals surface area contributed by atoms with Gasteiger partial charge in [0.15, 0.2) is 0 Å². The van der Waals surface area contributed by atoms with Crippen LogP contribution in [0.5, 0.6) is 0 Å². The number of aryl methyl sites for hydroxylation is 1. The number of pyridine rings is 1. The zero-order valence-electron chi connectivity index (χ0n) is 14.8. The second kappa shape index (κ2) is 7.00. The van der Waals surface area contributed by atoms with Gasteiger partial charge in [-0.15, -0.1) is 0 Å². The third-order valence-corrected chi connectivity index (χ3v) is 4.64. The van der Waals surface area contributed by atoms with Crippen molar-refractivity contribution in [3.63, 3.8) is 0 Å². The van der Waals surface area contributed by atoms with Crippen molar-refractivity contribution in [3.8, 4) is 0 Å². The lowest BCUT2D eigenvalue weighted by Gasteiger charge is -2.18. The highest BCUT2D eigenvalue weighted by Gasteiger charge is 2.20. The van der Waals surface area contributed by atoms with E-state index in [0.717, 1.165) is 35.6 Å². The number of carbonyl (C=O) groups excluding carboxylic acids is 1. The molecule has 3 aromatic rings. The van der Waals surface area contributed by atoms with Gasteiger partial charge in [0, 0.05) is 12.2 Å². The molecule has 0 aliphatic carbocycles. The summed E-state index contributed by atoms with van der Waals surface area (Å²) >= 11 is 0. The Morgan fingerprint density at radius 3 is 2.81 bits per heavy atom. The van der Waals surface area contributed by atoms with Crippen LogP contribution in [0.25, 0.3) is 0 Å². The number of hydrogen-bond acceptors (Lipinski definition) is 3. The molecule has 0 spiro atoms.